The molecule has 0 spiro atoms. The van der Waals surface area contributed by atoms with Crippen LogP contribution in [0, 0.1) is 63.7 Å². The molecular weight excluding hydrogens is 240 g/mol. The van der Waals surface area contributed by atoms with E-state index in [9.17, 15) is 0 Å². The van der Waals surface area contributed by atoms with Crippen LogP contribution in [-0.2, 0) is 17.1 Å². The second kappa shape index (κ2) is 10.4. The monoisotopic (exact) mass is 256 g/mol. The molecular formula is C14H16FeO+2. The van der Waals surface area contributed by atoms with E-state index in [4.69, 9.17) is 5.11 Å². The van der Waals surface area contributed by atoms with Crippen molar-refractivity contribution < 1.29 is 22.2 Å². The summed E-state index contributed by atoms with van der Waals surface area (Å²) in [4.78, 5) is 0. The van der Waals surface area contributed by atoms with Crippen LogP contribution in [0.1, 0.15) is 6.92 Å². The Morgan fingerprint density at radius 2 is 1.44 bits per heavy atom. The maximum atomic E-state index is 8.67. The predicted molar refractivity (Wildman–Crippen MR) is 62.8 cm³/mol. The minimum Gasteiger partial charge on any atom is -0.392 e. The Bertz CT molecular complexity index is 172. The van der Waals surface area contributed by atoms with E-state index in [1.165, 1.54) is 0 Å². The molecule has 2 heteroatoms. The molecule has 2 saturated carbocycles. The van der Waals surface area contributed by atoms with E-state index in [0.717, 1.165) is 11.5 Å². The van der Waals surface area contributed by atoms with Gasteiger partial charge in [0.2, 0.25) is 0 Å². The summed E-state index contributed by atoms with van der Waals surface area (Å²) >= 11 is 0. The molecule has 0 heterocycles. The van der Waals surface area contributed by atoms with Crippen molar-refractivity contribution in [3.05, 3.63) is 75.4 Å². The van der Waals surface area contributed by atoms with Gasteiger partial charge in [0.05, 0.1) is 6.61 Å². The molecule has 84 valence electrons. The van der Waals surface area contributed by atoms with E-state index in [0.29, 0.717) is 0 Å². The molecule has 0 unspecified atom stereocenters. The van der Waals surface area contributed by atoms with Gasteiger partial charge in [-0.25, -0.2) is 0 Å². The SMILES string of the molecule is C/C(=C\[C]1[CH][CH][CH][CH]1)CO.[CH]1[CH][CH][CH][CH]1.[Fe+2]. The number of aliphatic hydroxyl groups is 1. The van der Waals surface area contributed by atoms with Crippen LogP contribution in [0.5, 0.6) is 0 Å². The van der Waals surface area contributed by atoms with Crippen molar-refractivity contribution >= 4 is 0 Å². The van der Waals surface area contributed by atoms with Gasteiger partial charge in [-0.05, 0) is 64.7 Å². The van der Waals surface area contributed by atoms with E-state index >= 15 is 0 Å². The summed E-state index contributed by atoms with van der Waals surface area (Å²) in [5, 5.41) is 8.67. The first kappa shape index (κ1) is 16.2. The van der Waals surface area contributed by atoms with Crippen molar-refractivity contribution in [1.82, 2.24) is 0 Å². The summed E-state index contributed by atoms with van der Waals surface area (Å²) in [6, 6.07) is 0. The number of allylic oxidation sites excluding steroid dienone is 1. The molecule has 10 radical (unpaired) electrons. The van der Waals surface area contributed by atoms with Crippen LogP contribution in [0.25, 0.3) is 0 Å². The molecule has 2 aliphatic carbocycles. The van der Waals surface area contributed by atoms with Gasteiger partial charge >= 0.3 is 17.1 Å². The molecule has 0 aromatic heterocycles. The molecule has 2 aliphatic rings. The van der Waals surface area contributed by atoms with Crippen molar-refractivity contribution in [2.75, 3.05) is 6.61 Å². The molecule has 0 aromatic rings. The van der Waals surface area contributed by atoms with Gasteiger partial charge in [0.1, 0.15) is 0 Å². The fourth-order valence-electron chi connectivity index (χ4n) is 1.14. The van der Waals surface area contributed by atoms with Crippen LogP contribution in [0.3, 0.4) is 0 Å². The third-order valence-corrected chi connectivity index (χ3v) is 1.91. The Balaban J connectivity index is 0.000000318. The van der Waals surface area contributed by atoms with E-state index < -0.39 is 0 Å². The molecule has 1 nitrogen and oxygen atoms in total. The zero-order valence-electron chi connectivity index (χ0n) is 9.28. The average Bonchev–Trinajstić information content (AvgIpc) is 2.92. The summed E-state index contributed by atoms with van der Waals surface area (Å²) in [5.41, 5.74) is 0.992. The van der Waals surface area contributed by atoms with Crippen LogP contribution in [-0.4, -0.2) is 11.7 Å². The number of hydrogen-bond acceptors (Lipinski definition) is 1. The summed E-state index contributed by atoms with van der Waals surface area (Å²) in [5.74, 6) is 1.16. The van der Waals surface area contributed by atoms with Crippen molar-refractivity contribution in [2.45, 2.75) is 6.92 Å². The Morgan fingerprint density at radius 1 is 1.00 bits per heavy atom. The largest absolute Gasteiger partial charge is 2.00 e. The first-order valence-corrected chi connectivity index (χ1v) is 4.99. The van der Waals surface area contributed by atoms with E-state index in [-0.39, 0.29) is 23.7 Å². The molecule has 0 aromatic carbocycles. The zero-order chi connectivity index (χ0) is 10.9. The molecule has 0 saturated heterocycles. The van der Waals surface area contributed by atoms with Gasteiger partial charge in [-0.1, -0.05) is 11.6 Å². The smallest absolute Gasteiger partial charge is 0.392 e. The van der Waals surface area contributed by atoms with Crippen molar-refractivity contribution in [3.63, 3.8) is 0 Å². The van der Waals surface area contributed by atoms with Crippen LogP contribution in [0.2, 0.25) is 0 Å². The van der Waals surface area contributed by atoms with Crippen LogP contribution in [0.4, 0.5) is 0 Å². The summed E-state index contributed by atoms with van der Waals surface area (Å²) in [7, 11) is 0. The standard InChI is InChI=1S/C9H11O.C5H5.Fe/c1-8(7-10)6-9-4-2-3-5-9;1-2-4-5-3-1;/h2-6,10H,7H2,1H3;1-5H;/q;;+2/b8-6+;;. The van der Waals surface area contributed by atoms with Crippen molar-refractivity contribution in [3.8, 4) is 0 Å². The van der Waals surface area contributed by atoms with Gasteiger partial charge in [-0.3, -0.25) is 0 Å². The molecule has 2 fully saturated rings. The second-order valence-corrected chi connectivity index (χ2v) is 3.33. The second-order valence-electron chi connectivity index (χ2n) is 3.33. The Morgan fingerprint density at radius 3 is 1.81 bits per heavy atom. The summed E-state index contributed by atoms with van der Waals surface area (Å²) in [6.07, 6.45) is 20.0. The molecule has 0 amide bonds. The third-order valence-electron chi connectivity index (χ3n) is 1.91. The summed E-state index contributed by atoms with van der Waals surface area (Å²) in [6.45, 7) is 2.05. The minimum atomic E-state index is 0. The van der Waals surface area contributed by atoms with Crippen LogP contribution < -0.4 is 0 Å². The predicted octanol–water partition coefficient (Wildman–Crippen LogP) is 2.35. The first-order valence-electron chi connectivity index (χ1n) is 4.99. The Hall–Kier alpha value is 0.219. The first-order chi connectivity index (χ1) is 7.33. The fraction of sp³-hybridized carbons (Fsp3) is 0.143. The molecule has 0 aliphatic heterocycles. The average molecular weight is 256 g/mol. The third kappa shape index (κ3) is 7.49. The van der Waals surface area contributed by atoms with Gasteiger partial charge < -0.3 is 5.11 Å². The minimum absolute atomic E-state index is 0. The van der Waals surface area contributed by atoms with Gasteiger partial charge in [0, 0.05) is 5.92 Å². The maximum absolute atomic E-state index is 8.67. The Labute approximate surface area is 111 Å². The maximum Gasteiger partial charge on any atom is 2.00 e. The number of rotatable bonds is 2. The van der Waals surface area contributed by atoms with E-state index in [1.54, 1.807) is 0 Å². The quantitative estimate of drug-likeness (QED) is 0.752. The van der Waals surface area contributed by atoms with Gasteiger partial charge in [0.25, 0.3) is 0 Å². The molecule has 1 N–H and O–H groups in total. The van der Waals surface area contributed by atoms with E-state index in [1.807, 2.05) is 70.8 Å². The van der Waals surface area contributed by atoms with Crippen LogP contribution in [0.15, 0.2) is 11.6 Å². The molecule has 0 bridgehead atoms. The number of hydrogen-bond donors (Lipinski definition) is 1. The Kier molecular flexibility index (Phi) is 10.5. The summed E-state index contributed by atoms with van der Waals surface area (Å²) < 4.78 is 0. The van der Waals surface area contributed by atoms with E-state index in [2.05, 4.69) is 0 Å². The molecule has 2 rings (SSSR count). The van der Waals surface area contributed by atoms with Gasteiger partial charge in [0.15, 0.2) is 0 Å². The fourth-order valence-corrected chi connectivity index (χ4v) is 1.14. The number of aliphatic hydroxyl groups excluding tert-OH is 1. The zero-order valence-corrected chi connectivity index (χ0v) is 10.4. The normalized spacial score (nSPS) is 21.2. The van der Waals surface area contributed by atoms with Gasteiger partial charge in [-0.15, -0.1) is 0 Å². The van der Waals surface area contributed by atoms with Gasteiger partial charge in [-0.2, -0.15) is 0 Å². The molecule has 0 atom stereocenters. The topological polar surface area (TPSA) is 20.2 Å². The van der Waals surface area contributed by atoms with Crippen molar-refractivity contribution in [2.24, 2.45) is 0 Å². The van der Waals surface area contributed by atoms with Crippen LogP contribution >= 0.6 is 0 Å². The molecule has 16 heavy (non-hydrogen) atoms. The van der Waals surface area contributed by atoms with Crippen molar-refractivity contribution in [1.29, 1.82) is 0 Å².